The molecule has 0 aliphatic carbocycles. The molecule has 0 N–H and O–H groups in total. The fraction of sp³-hybridized carbons (Fsp3) is 0.0588. The Hall–Kier alpha value is -0.900. The lowest BCUT2D eigenvalue weighted by Crippen LogP contribution is -1.97. The summed E-state index contributed by atoms with van der Waals surface area (Å²) in [5, 5.41) is 2.77. The monoisotopic (exact) mass is 426 g/mol. The molecule has 3 rings (SSSR count). The van der Waals surface area contributed by atoms with Gasteiger partial charge < -0.3 is 0 Å². The van der Waals surface area contributed by atoms with Crippen LogP contribution in [0.1, 0.15) is 16.0 Å². The van der Waals surface area contributed by atoms with Gasteiger partial charge in [0.2, 0.25) is 0 Å². The van der Waals surface area contributed by atoms with Crippen LogP contribution < -0.4 is 0 Å². The normalized spacial score (nSPS) is 12.6. The van der Waals surface area contributed by atoms with Gasteiger partial charge in [-0.3, -0.25) is 0 Å². The van der Waals surface area contributed by atoms with Gasteiger partial charge in [0.1, 0.15) is 5.82 Å². The third-order valence-corrected chi connectivity index (χ3v) is 5.58. The van der Waals surface area contributed by atoms with Crippen molar-refractivity contribution in [2.75, 3.05) is 0 Å². The second-order valence-corrected chi connectivity index (χ2v) is 6.80. The predicted octanol–water partition coefficient (Wildman–Crippen LogP) is 6.88. The van der Waals surface area contributed by atoms with Gasteiger partial charge in [0.15, 0.2) is 0 Å². The fourth-order valence-electron chi connectivity index (χ4n) is 2.39. The van der Waals surface area contributed by atoms with E-state index in [0.29, 0.717) is 9.50 Å². The Morgan fingerprint density at radius 1 is 0.857 bits per heavy atom. The SMILES string of the molecule is Fc1cccc(C(Br)c2ccc(Cl)c3ccccc23)c1Br. The van der Waals surface area contributed by atoms with Crippen molar-refractivity contribution in [3.63, 3.8) is 0 Å². The highest BCUT2D eigenvalue weighted by atomic mass is 79.9. The summed E-state index contributed by atoms with van der Waals surface area (Å²) in [5.74, 6) is -0.268. The number of fused-ring (bicyclic) bond motifs is 1. The van der Waals surface area contributed by atoms with Crippen LogP contribution in [0.5, 0.6) is 0 Å². The number of hydrogen-bond donors (Lipinski definition) is 0. The van der Waals surface area contributed by atoms with E-state index in [-0.39, 0.29) is 10.6 Å². The standard InChI is InChI=1S/C17H10Br2ClF/c18-16(13-6-3-7-15(21)17(13)19)12-8-9-14(20)11-5-2-1-4-10(11)12/h1-9,16H. The maximum Gasteiger partial charge on any atom is 0.137 e. The van der Waals surface area contributed by atoms with Crippen LogP contribution in [0.4, 0.5) is 4.39 Å². The zero-order chi connectivity index (χ0) is 15.0. The molecule has 0 saturated carbocycles. The van der Waals surface area contributed by atoms with Crippen LogP contribution >= 0.6 is 43.5 Å². The largest absolute Gasteiger partial charge is 0.206 e. The summed E-state index contributed by atoms with van der Waals surface area (Å²) in [6.45, 7) is 0. The van der Waals surface area contributed by atoms with E-state index in [9.17, 15) is 4.39 Å². The van der Waals surface area contributed by atoms with Gasteiger partial charge in [-0.2, -0.15) is 0 Å². The number of halogens is 4. The molecule has 0 aromatic heterocycles. The molecule has 0 bridgehead atoms. The summed E-state index contributed by atoms with van der Waals surface area (Å²) in [6, 6.07) is 16.8. The Kier molecular flexibility index (Phi) is 4.34. The maximum absolute atomic E-state index is 13.7. The van der Waals surface area contributed by atoms with E-state index in [1.807, 2.05) is 42.5 Å². The molecule has 0 heterocycles. The van der Waals surface area contributed by atoms with Gasteiger partial charge in [-0.05, 0) is 44.6 Å². The van der Waals surface area contributed by atoms with Crippen molar-refractivity contribution in [2.45, 2.75) is 4.83 Å². The second kappa shape index (κ2) is 6.07. The molecule has 0 aliphatic rings. The van der Waals surface area contributed by atoms with Crippen LogP contribution in [0.3, 0.4) is 0 Å². The van der Waals surface area contributed by atoms with E-state index in [0.717, 1.165) is 21.9 Å². The molecule has 3 aromatic rings. The molecule has 106 valence electrons. The van der Waals surface area contributed by atoms with Crippen molar-refractivity contribution in [1.29, 1.82) is 0 Å². The quantitative estimate of drug-likeness (QED) is 0.390. The minimum absolute atomic E-state index is 0.121. The van der Waals surface area contributed by atoms with Gasteiger partial charge in [0, 0.05) is 10.4 Å². The Labute approximate surface area is 144 Å². The van der Waals surface area contributed by atoms with Crippen LogP contribution in [0.2, 0.25) is 5.02 Å². The first-order valence-corrected chi connectivity index (χ1v) is 8.43. The second-order valence-electron chi connectivity index (χ2n) is 4.69. The highest BCUT2D eigenvalue weighted by molar-refractivity contribution is 9.11. The summed E-state index contributed by atoms with van der Waals surface area (Å²) in [4.78, 5) is -0.121. The van der Waals surface area contributed by atoms with E-state index in [1.165, 1.54) is 6.07 Å². The molecule has 0 aliphatic heterocycles. The van der Waals surface area contributed by atoms with E-state index >= 15 is 0 Å². The first-order valence-electron chi connectivity index (χ1n) is 6.34. The summed E-state index contributed by atoms with van der Waals surface area (Å²) < 4.78 is 14.2. The van der Waals surface area contributed by atoms with Gasteiger partial charge in [-0.1, -0.05) is 70.0 Å². The van der Waals surface area contributed by atoms with E-state index in [2.05, 4.69) is 31.9 Å². The molecule has 1 unspecified atom stereocenters. The molecule has 0 nitrogen and oxygen atoms in total. The molecule has 21 heavy (non-hydrogen) atoms. The minimum Gasteiger partial charge on any atom is -0.206 e. The van der Waals surface area contributed by atoms with Crippen LogP contribution in [-0.2, 0) is 0 Å². The molecule has 0 spiro atoms. The molecule has 4 heteroatoms. The summed E-state index contributed by atoms with van der Waals surface area (Å²) in [6.07, 6.45) is 0. The minimum atomic E-state index is -0.268. The number of hydrogen-bond acceptors (Lipinski definition) is 0. The van der Waals surface area contributed by atoms with Crippen molar-refractivity contribution >= 4 is 54.2 Å². The Balaban J connectivity index is 2.21. The number of benzene rings is 3. The molecule has 0 fully saturated rings. The smallest absolute Gasteiger partial charge is 0.137 e. The van der Waals surface area contributed by atoms with Gasteiger partial charge >= 0.3 is 0 Å². The van der Waals surface area contributed by atoms with Gasteiger partial charge in [0.25, 0.3) is 0 Å². The van der Waals surface area contributed by atoms with Crippen LogP contribution in [0, 0.1) is 5.82 Å². The average Bonchev–Trinajstić information content (AvgIpc) is 2.50. The average molecular weight is 429 g/mol. The lowest BCUT2D eigenvalue weighted by molar-refractivity contribution is 0.619. The first-order chi connectivity index (χ1) is 10.1. The van der Waals surface area contributed by atoms with Crippen LogP contribution in [0.15, 0.2) is 59.1 Å². The lowest BCUT2D eigenvalue weighted by atomic mass is 9.98. The summed E-state index contributed by atoms with van der Waals surface area (Å²) in [5.41, 5.74) is 1.91. The van der Waals surface area contributed by atoms with Crippen molar-refractivity contribution in [3.8, 4) is 0 Å². The fourth-order valence-corrected chi connectivity index (χ4v) is 4.20. The van der Waals surface area contributed by atoms with Gasteiger partial charge in [-0.15, -0.1) is 0 Å². The zero-order valence-corrected chi connectivity index (χ0v) is 14.7. The summed E-state index contributed by atoms with van der Waals surface area (Å²) >= 11 is 13.3. The van der Waals surface area contributed by atoms with Gasteiger partial charge in [0.05, 0.1) is 9.30 Å². The number of rotatable bonds is 2. The highest BCUT2D eigenvalue weighted by Gasteiger charge is 2.18. The lowest BCUT2D eigenvalue weighted by Gasteiger charge is -2.16. The Morgan fingerprint density at radius 2 is 1.57 bits per heavy atom. The Morgan fingerprint density at radius 3 is 2.33 bits per heavy atom. The molecule has 3 aromatic carbocycles. The van der Waals surface area contributed by atoms with Crippen molar-refractivity contribution in [1.82, 2.24) is 0 Å². The van der Waals surface area contributed by atoms with E-state index in [1.54, 1.807) is 6.07 Å². The maximum atomic E-state index is 13.7. The van der Waals surface area contributed by atoms with Crippen LogP contribution in [-0.4, -0.2) is 0 Å². The molecule has 0 saturated heterocycles. The molecule has 0 amide bonds. The Bertz CT molecular complexity index is 817. The van der Waals surface area contributed by atoms with Crippen molar-refractivity contribution in [3.05, 3.63) is 81.0 Å². The van der Waals surface area contributed by atoms with E-state index < -0.39 is 0 Å². The topological polar surface area (TPSA) is 0 Å². The first kappa shape index (κ1) is 15.0. The molecular formula is C17H10Br2ClF. The number of alkyl halides is 1. The van der Waals surface area contributed by atoms with E-state index in [4.69, 9.17) is 11.6 Å². The molecule has 0 radical (unpaired) electrons. The third-order valence-electron chi connectivity index (χ3n) is 3.43. The van der Waals surface area contributed by atoms with Gasteiger partial charge in [-0.25, -0.2) is 4.39 Å². The zero-order valence-electron chi connectivity index (χ0n) is 10.8. The predicted molar refractivity (Wildman–Crippen MR) is 93.8 cm³/mol. The highest BCUT2D eigenvalue weighted by Crippen LogP contribution is 2.40. The van der Waals surface area contributed by atoms with Crippen molar-refractivity contribution in [2.24, 2.45) is 0 Å². The van der Waals surface area contributed by atoms with Crippen molar-refractivity contribution < 1.29 is 4.39 Å². The third kappa shape index (κ3) is 2.75. The molecular weight excluding hydrogens is 418 g/mol. The molecule has 1 atom stereocenters. The van der Waals surface area contributed by atoms with Crippen LogP contribution in [0.25, 0.3) is 10.8 Å². The summed E-state index contributed by atoms with van der Waals surface area (Å²) in [7, 11) is 0.